The molecule has 1 unspecified atom stereocenters. The summed E-state index contributed by atoms with van der Waals surface area (Å²) in [6.07, 6.45) is 0. The number of nitrogens with zero attached hydrogens (tertiary/aromatic N) is 1. The van der Waals surface area contributed by atoms with E-state index in [9.17, 15) is 4.21 Å². The third-order valence-corrected chi connectivity index (χ3v) is 5.95. The van der Waals surface area contributed by atoms with Gasteiger partial charge in [-0.25, -0.2) is 4.98 Å². The molecule has 0 saturated heterocycles. The zero-order valence-electron chi connectivity index (χ0n) is 14.8. The fourth-order valence-corrected chi connectivity index (χ4v) is 4.62. The number of benzene rings is 2. The summed E-state index contributed by atoms with van der Waals surface area (Å²) in [6.45, 7) is 2.53. The molecule has 26 heavy (non-hydrogen) atoms. The molecule has 3 rings (SSSR count). The molecule has 4 nitrogen and oxygen atoms in total. The largest absolute Gasteiger partial charge is 0.493 e. The second kappa shape index (κ2) is 8.96. The summed E-state index contributed by atoms with van der Waals surface area (Å²) >= 11 is 1.55. The number of hydrogen-bond donors (Lipinski definition) is 0. The summed E-state index contributed by atoms with van der Waals surface area (Å²) in [6, 6.07) is 15.7. The van der Waals surface area contributed by atoms with E-state index in [0.29, 0.717) is 23.9 Å². The highest BCUT2D eigenvalue weighted by Crippen LogP contribution is 2.34. The predicted octanol–water partition coefficient (Wildman–Crippen LogP) is 4.67. The maximum Gasteiger partial charge on any atom is 0.161 e. The molecule has 1 atom stereocenters. The van der Waals surface area contributed by atoms with Crippen molar-refractivity contribution in [2.45, 2.75) is 18.4 Å². The first-order valence-electron chi connectivity index (χ1n) is 8.34. The molecule has 0 aliphatic heterocycles. The number of rotatable bonds is 8. The average Bonchev–Trinajstić information content (AvgIpc) is 3.11. The fourth-order valence-electron chi connectivity index (χ4n) is 2.56. The highest BCUT2D eigenvalue weighted by atomic mass is 32.2. The van der Waals surface area contributed by atoms with Crippen molar-refractivity contribution in [1.82, 2.24) is 4.98 Å². The van der Waals surface area contributed by atoms with Gasteiger partial charge < -0.3 is 9.47 Å². The molecule has 6 heteroatoms. The third kappa shape index (κ3) is 4.71. The summed E-state index contributed by atoms with van der Waals surface area (Å²) in [5.41, 5.74) is 2.90. The molecule has 1 heterocycles. The second-order valence-corrected chi connectivity index (χ2v) is 7.97. The van der Waals surface area contributed by atoms with Gasteiger partial charge in [0.2, 0.25) is 0 Å². The van der Waals surface area contributed by atoms with Crippen LogP contribution in [-0.4, -0.2) is 22.9 Å². The van der Waals surface area contributed by atoms with Gasteiger partial charge in [0.25, 0.3) is 0 Å². The molecule has 0 fully saturated rings. The topological polar surface area (TPSA) is 48.4 Å². The van der Waals surface area contributed by atoms with Crippen LogP contribution in [0.5, 0.6) is 11.5 Å². The summed E-state index contributed by atoms with van der Waals surface area (Å²) in [5, 5.41) is 2.86. The van der Waals surface area contributed by atoms with Crippen molar-refractivity contribution in [3.05, 3.63) is 65.2 Å². The van der Waals surface area contributed by atoms with Gasteiger partial charge in [-0.15, -0.1) is 11.3 Å². The van der Waals surface area contributed by atoms with Crippen LogP contribution in [0.25, 0.3) is 10.6 Å². The lowest BCUT2D eigenvalue weighted by Gasteiger charge is -2.09. The molecule has 2 aromatic carbocycles. The van der Waals surface area contributed by atoms with Gasteiger partial charge in [0.05, 0.1) is 25.2 Å². The number of hydrogen-bond acceptors (Lipinski definition) is 5. The van der Waals surface area contributed by atoms with E-state index in [1.165, 1.54) is 0 Å². The molecule has 1 aromatic heterocycles. The Labute approximate surface area is 160 Å². The van der Waals surface area contributed by atoms with Crippen LogP contribution >= 0.6 is 11.3 Å². The monoisotopic (exact) mass is 387 g/mol. The Morgan fingerprint density at radius 2 is 1.88 bits per heavy atom. The van der Waals surface area contributed by atoms with Crippen molar-refractivity contribution in [2.75, 3.05) is 13.7 Å². The van der Waals surface area contributed by atoms with Crippen LogP contribution in [0.3, 0.4) is 0 Å². The van der Waals surface area contributed by atoms with E-state index in [1.54, 1.807) is 18.4 Å². The van der Waals surface area contributed by atoms with Gasteiger partial charge in [-0.1, -0.05) is 30.3 Å². The Morgan fingerprint density at radius 3 is 2.62 bits per heavy atom. The molecule has 0 bridgehead atoms. The predicted molar refractivity (Wildman–Crippen MR) is 107 cm³/mol. The summed E-state index contributed by atoms with van der Waals surface area (Å²) in [7, 11) is 0.649. The van der Waals surface area contributed by atoms with Crippen LogP contribution in [0, 0.1) is 0 Å². The molecule has 0 amide bonds. The molecule has 0 aliphatic carbocycles. The van der Waals surface area contributed by atoms with E-state index in [1.807, 2.05) is 60.8 Å². The summed E-state index contributed by atoms with van der Waals surface area (Å²) in [4.78, 5) is 4.64. The maximum absolute atomic E-state index is 12.4. The van der Waals surface area contributed by atoms with Crippen molar-refractivity contribution < 1.29 is 13.7 Å². The van der Waals surface area contributed by atoms with Gasteiger partial charge >= 0.3 is 0 Å². The zero-order chi connectivity index (χ0) is 18.4. The number of thiazole rings is 1. The molecule has 0 saturated carbocycles. The lowest BCUT2D eigenvalue weighted by Crippen LogP contribution is -1.99. The van der Waals surface area contributed by atoms with Gasteiger partial charge in [0.1, 0.15) is 5.01 Å². The molecule has 0 radical (unpaired) electrons. The minimum absolute atomic E-state index is 0.458. The highest BCUT2D eigenvalue weighted by molar-refractivity contribution is 7.83. The van der Waals surface area contributed by atoms with Gasteiger partial charge in [0.15, 0.2) is 11.5 Å². The first kappa shape index (κ1) is 18.6. The first-order valence-corrected chi connectivity index (χ1v) is 10.7. The summed E-state index contributed by atoms with van der Waals surface area (Å²) in [5.74, 6) is 2.41. The minimum atomic E-state index is -0.978. The standard InChI is InChI=1S/C20H21NO3S2/c1-3-24-18-10-9-16(11-19(18)23-2)20-21-17(12-25-20)14-26(22)13-15-7-5-4-6-8-15/h4-12H,3,13-14H2,1-2H3. The SMILES string of the molecule is CCOc1ccc(-c2nc(CS(=O)Cc3ccccc3)cs2)cc1OC. The zero-order valence-corrected chi connectivity index (χ0v) is 16.4. The van der Waals surface area contributed by atoms with E-state index in [4.69, 9.17) is 9.47 Å². The molecule has 0 aliphatic rings. The van der Waals surface area contributed by atoms with Crippen LogP contribution in [0.2, 0.25) is 0 Å². The number of aromatic nitrogens is 1. The number of ether oxygens (including phenoxy) is 2. The third-order valence-electron chi connectivity index (χ3n) is 3.74. The Bertz CT molecular complexity index is 878. The van der Waals surface area contributed by atoms with Crippen LogP contribution in [0.1, 0.15) is 18.2 Å². The van der Waals surface area contributed by atoms with E-state index >= 15 is 0 Å². The second-order valence-electron chi connectivity index (χ2n) is 5.66. The van der Waals surface area contributed by atoms with E-state index in [0.717, 1.165) is 27.6 Å². The van der Waals surface area contributed by atoms with Gasteiger partial charge in [-0.2, -0.15) is 0 Å². The quantitative estimate of drug-likeness (QED) is 0.564. The Morgan fingerprint density at radius 1 is 1.08 bits per heavy atom. The minimum Gasteiger partial charge on any atom is -0.493 e. The molecule has 0 N–H and O–H groups in total. The van der Waals surface area contributed by atoms with Crippen LogP contribution in [-0.2, 0) is 22.3 Å². The smallest absolute Gasteiger partial charge is 0.161 e. The van der Waals surface area contributed by atoms with E-state index in [-0.39, 0.29) is 0 Å². The molecule has 3 aromatic rings. The van der Waals surface area contributed by atoms with Gasteiger partial charge in [-0.05, 0) is 30.7 Å². The average molecular weight is 388 g/mol. The van der Waals surface area contributed by atoms with Crippen molar-refractivity contribution >= 4 is 22.1 Å². The Hall–Kier alpha value is -2.18. The molecule has 136 valence electrons. The lowest BCUT2D eigenvalue weighted by molar-refractivity contribution is 0.311. The van der Waals surface area contributed by atoms with Crippen LogP contribution in [0.4, 0.5) is 0 Å². The Kier molecular flexibility index (Phi) is 6.41. The fraction of sp³-hybridized carbons (Fsp3) is 0.250. The lowest BCUT2D eigenvalue weighted by atomic mass is 10.2. The van der Waals surface area contributed by atoms with E-state index in [2.05, 4.69) is 4.98 Å². The Balaban J connectivity index is 1.70. The van der Waals surface area contributed by atoms with Gasteiger partial charge in [0, 0.05) is 27.5 Å². The molecular weight excluding hydrogens is 366 g/mol. The summed E-state index contributed by atoms with van der Waals surface area (Å²) < 4.78 is 23.3. The van der Waals surface area contributed by atoms with Crippen LogP contribution < -0.4 is 9.47 Å². The van der Waals surface area contributed by atoms with Crippen molar-refractivity contribution in [1.29, 1.82) is 0 Å². The van der Waals surface area contributed by atoms with Crippen molar-refractivity contribution in [3.8, 4) is 22.1 Å². The van der Waals surface area contributed by atoms with Crippen molar-refractivity contribution in [2.24, 2.45) is 0 Å². The van der Waals surface area contributed by atoms with Crippen LogP contribution in [0.15, 0.2) is 53.9 Å². The van der Waals surface area contributed by atoms with E-state index < -0.39 is 10.8 Å². The number of methoxy groups -OCH3 is 1. The maximum atomic E-state index is 12.4. The normalized spacial score (nSPS) is 11.9. The first-order chi connectivity index (χ1) is 12.7. The molecular formula is C20H21NO3S2. The molecule has 0 spiro atoms. The highest BCUT2D eigenvalue weighted by Gasteiger charge is 2.12. The van der Waals surface area contributed by atoms with Crippen molar-refractivity contribution in [3.63, 3.8) is 0 Å². The van der Waals surface area contributed by atoms with Gasteiger partial charge in [-0.3, -0.25) is 4.21 Å².